The molecular weight excluding hydrogens is 192 g/mol. The SMILES string of the molecule is C=CCC1c2cccc(OC)c2OC1O. The van der Waals surface area contributed by atoms with Crippen LogP contribution in [0.5, 0.6) is 11.5 Å². The average Bonchev–Trinajstić information content (AvgIpc) is 2.56. The molecule has 15 heavy (non-hydrogen) atoms. The summed E-state index contributed by atoms with van der Waals surface area (Å²) in [6, 6.07) is 5.67. The van der Waals surface area contributed by atoms with Crippen molar-refractivity contribution < 1.29 is 14.6 Å². The molecule has 0 saturated heterocycles. The van der Waals surface area contributed by atoms with Crippen molar-refractivity contribution >= 4 is 0 Å². The number of aliphatic hydroxyl groups is 1. The summed E-state index contributed by atoms with van der Waals surface area (Å²) < 4.78 is 10.5. The summed E-state index contributed by atoms with van der Waals surface area (Å²) in [6.45, 7) is 3.68. The molecule has 0 aliphatic carbocycles. The fourth-order valence-corrected chi connectivity index (χ4v) is 1.89. The zero-order valence-corrected chi connectivity index (χ0v) is 8.64. The Morgan fingerprint density at radius 3 is 3.07 bits per heavy atom. The molecule has 1 heterocycles. The van der Waals surface area contributed by atoms with Gasteiger partial charge in [-0.25, -0.2) is 0 Å². The average molecular weight is 206 g/mol. The van der Waals surface area contributed by atoms with Gasteiger partial charge in [-0.3, -0.25) is 0 Å². The van der Waals surface area contributed by atoms with Crippen molar-refractivity contribution in [2.24, 2.45) is 0 Å². The number of hydrogen-bond acceptors (Lipinski definition) is 3. The molecule has 0 aromatic heterocycles. The molecule has 80 valence electrons. The van der Waals surface area contributed by atoms with Gasteiger partial charge in [0, 0.05) is 5.56 Å². The maximum absolute atomic E-state index is 9.74. The Balaban J connectivity index is 2.41. The minimum Gasteiger partial charge on any atom is -0.493 e. The van der Waals surface area contributed by atoms with Gasteiger partial charge in [0.15, 0.2) is 11.5 Å². The van der Waals surface area contributed by atoms with E-state index in [0.29, 0.717) is 17.9 Å². The first-order valence-corrected chi connectivity index (χ1v) is 4.90. The summed E-state index contributed by atoms with van der Waals surface area (Å²) >= 11 is 0. The summed E-state index contributed by atoms with van der Waals surface area (Å²) in [7, 11) is 1.59. The monoisotopic (exact) mass is 206 g/mol. The van der Waals surface area contributed by atoms with Gasteiger partial charge >= 0.3 is 0 Å². The number of methoxy groups -OCH3 is 1. The number of hydrogen-bond donors (Lipinski definition) is 1. The third kappa shape index (κ3) is 1.59. The lowest BCUT2D eigenvalue weighted by Gasteiger charge is -2.10. The Morgan fingerprint density at radius 1 is 1.60 bits per heavy atom. The second-order valence-electron chi connectivity index (χ2n) is 3.52. The van der Waals surface area contributed by atoms with E-state index in [-0.39, 0.29) is 5.92 Å². The van der Waals surface area contributed by atoms with Gasteiger partial charge in [-0.15, -0.1) is 6.58 Å². The molecule has 1 aliphatic rings. The molecule has 1 aromatic carbocycles. The summed E-state index contributed by atoms with van der Waals surface area (Å²) in [5.74, 6) is 1.28. The van der Waals surface area contributed by atoms with E-state index in [4.69, 9.17) is 9.47 Å². The maximum Gasteiger partial charge on any atom is 0.204 e. The Morgan fingerprint density at radius 2 is 2.40 bits per heavy atom. The predicted octanol–water partition coefficient (Wildman–Crippen LogP) is 2.07. The van der Waals surface area contributed by atoms with Gasteiger partial charge in [-0.05, 0) is 12.5 Å². The van der Waals surface area contributed by atoms with Crippen molar-refractivity contribution in [3.63, 3.8) is 0 Å². The number of allylic oxidation sites excluding steroid dienone is 1. The van der Waals surface area contributed by atoms with Crippen LogP contribution in [0.15, 0.2) is 30.9 Å². The first-order chi connectivity index (χ1) is 7.27. The number of rotatable bonds is 3. The molecule has 3 nitrogen and oxygen atoms in total. The number of benzene rings is 1. The molecule has 3 heteroatoms. The van der Waals surface area contributed by atoms with Crippen LogP contribution in [0.1, 0.15) is 17.9 Å². The van der Waals surface area contributed by atoms with Crippen molar-refractivity contribution in [1.82, 2.24) is 0 Å². The van der Waals surface area contributed by atoms with Crippen molar-refractivity contribution in [3.05, 3.63) is 36.4 Å². The highest BCUT2D eigenvalue weighted by atomic mass is 16.6. The molecule has 1 aliphatic heterocycles. The van der Waals surface area contributed by atoms with Crippen molar-refractivity contribution in [1.29, 1.82) is 0 Å². The largest absolute Gasteiger partial charge is 0.493 e. The van der Waals surface area contributed by atoms with Crippen molar-refractivity contribution in [2.45, 2.75) is 18.6 Å². The highest BCUT2D eigenvalue weighted by molar-refractivity contribution is 5.51. The van der Waals surface area contributed by atoms with Gasteiger partial charge in [0.2, 0.25) is 6.29 Å². The molecule has 0 saturated carbocycles. The molecule has 1 N–H and O–H groups in total. The van der Waals surface area contributed by atoms with Crippen LogP contribution < -0.4 is 9.47 Å². The number of fused-ring (bicyclic) bond motifs is 1. The number of aliphatic hydroxyl groups excluding tert-OH is 1. The van der Waals surface area contributed by atoms with Crippen LogP contribution in [-0.2, 0) is 0 Å². The van der Waals surface area contributed by atoms with Crippen LogP contribution in [0.25, 0.3) is 0 Å². The third-order valence-electron chi connectivity index (χ3n) is 2.63. The molecule has 0 bridgehead atoms. The van der Waals surface area contributed by atoms with Gasteiger partial charge < -0.3 is 14.6 Å². The fourth-order valence-electron chi connectivity index (χ4n) is 1.89. The first kappa shape index (κ1) is 10.1. The molecule has 2 atom stereocenters. The predicted molar refractivity (Wildman–Crippen MR) is 57.2 cm³/mol. The molecule has 0 amide bonds. The van der Waals surface area contributed by atoms with E-state index in [2.05, 4.69) is 6.58 Å². The summed E-state index contributed by atoms with van der Waals surface area (Å²) in [5, 5.41) is 9.74. The minimum absolute atomic E-state index is 0.0346. The second-order valence-corrected chi connectivity index (χ2v) is 3.52. The summed E-state index contributed by atoms with van der Waals surface area (Å²) in [6.07, 6.45) is 1.68. The molecular formula is C12H14O3. The number of para-hydroxylation sites is 1. The van der Waals surface area contributed by atoms with E-state index >= 15 is 0 Å². The lowest BCUT2D eigenvalue weighted by atomic mass is 9.96. The summed E-state index contributed by atoms with van der Waals surface area (Å²) in [5.41, 5.74) is 0.988. The van der Waals surface area contributed by atoms with E-state index in [0.717, 1.165) is 5.56 Å². The van der Waals surface area contributed by atoms with Crippen LogP contribution >= 0.6 is 0 Å². The highest BCUT2D eigenvalue weighted by Gasteiger charge is 2.33. The maximum atomic E-state index is 9.74. The van der Waals surface area contributed by atoms with Crippen LogP contribution in [0.4, 0.5) is 0 Å². The molecule has 2 unspecified atom stereocenters. The molecule has 1 aromatic rings. The van der Waals surface area contributed by atoms with Gasteiger partial charge in [-0.1, -0.05) is 18.2 Å². The normalized spacial score (nSPS) is 23.1. The van der Waals surface area contributed by atoms with Crippen LogP contribution in [0.2, 0.25) is 0 Å². The van der Waals surface area contributed by atoms with Gasteiger partial charge in [0.05, 0.1) is 13.0 Å². The molecule has 2 rings (SSSR count). The number of ether oxygens (including phenoxy) is 2. The lowest BCUT2D eigenvalue weighted by molar-refractivity contribution is -0.0186. The third-order valence-corrected chi connectivity index (χ3v) is 2.63. The second kappa shape index (κ2) is 3.95. The molecule has 0 radical (unpaired) electrons. The van der Waals surface area contributed by atoms with Crippen LogP contribution in [0, 0.1) is 0 Å². The smallest absolute Gasteiger partial charge is 0.204 e. The van der Waals surface area contributed by atoms with Crippen LogP contribution in [-0.4, -0.2) is 18.5 Å². The van der Waals surface area contributed by atoms with E-state index in [1.165, 1.54) is 0 Å². The standard InChI is InChI=1S/C12H14O3/c1-3-5-9-8-6-4-7-10(14-2)11(8)15-12(9)13/h3-4,6-7,9,12-13H,1,5H2,2H3. The Hall–Kier alpha value is -1.48. The molecule has 0 spiro atoms. The Bertz CT molecular complexity index is 373. The van der Waals surface area contributed by atoms with Crippen molar-refractivity contribution in [3.8, 4) is 11.5 Å². The summed E-state index contributed by atoms with van der Waals surface area (Å²) in [4.78, 5) is 0. The van der Waals surface area contributed by atoms with E-state index in [9.17, 15) is 5.11 Å². The van der Waals surface area contributed by atoms with Gasteiger partial charge in [-0.2, -0.15) is 0 Å². The molecule has 0 fully saturated rings. The highest BCUT2D eigenvalue weighted by Crippen LogP contribution is 2.44. The quantitative estimate of drug-likeness (QED) is 0.769. The zero-order chi connectivity index (χ0) is 10.8. The fraction of sp³-hybridized carbons (Fsp3) is 0.333. The minimum atomic E-state index is -0.797. The van der Waals surface area contributed by atoms with Gasteiger partial charge in [0.1, 0.15) is 0 Å². The zero-order valence-electron chi connectivity index (χ0n) is 8.64. The van der Waals surface area contributed by atoms with E-state index < -0.39 is 6.29 Å². The van der Waals surface area contributed by atoms with Crippen LogP contribution in [0.3, 0.4) is 0 Å². The van der Waals surface area contributed by atoms with E-state index in [1.807, 2.05) is 18.2 Å². The lowest BCUT2D eigenvalue weighted by Crippen LogP contribution is -2.16. The first-order valence-electron chi connectivity index (χ1n) is 4.90. The Labute approximate surface area is 88.9 Å². The Kier molecular flexibility index (Phi) is 2.64. The van der Waals surface area contributed by atoms with Gasteiger partial charge in [0.25, 0.3) is 0 Å². The van der Waals surface area contributed by atoms with Crippen molar-refractivity contribution in [2.75, 3.05) is 7.11 Å². The topological polar surface area (TPSA) is 38.7 Å². The van der Waals surface area contributed by atoms with E-state index in [1.54, 1.807) is 13.2 Å².